The lowest BCUT2D eigenvalue weighted by Gasteiger charge is -2.34. The molecule has 0 saturated carbocycles. The van der Waals surface area contributed by atoms with Crippen molar-refractivity contribution in [1.82, 2.24) is 15.6 Å². The third-order valence-corrected chi connectivity index (χ3v) is 5.73. The van der Waals surface area contributed by atoms with Gasteiger partial charge in [-0.15, -0.1) is 35.3 Å². The lowest BCUT2D eigenvalue weighted by atomic mass is 10.0. The Labute approximate surface area is 193 Å². The normalized spacial score (nSPS) is 15.0. The third-order valence-electron chi connectivity index (χ3n) is 4.67. The molecular weight excluding hydrogens is 502 g/mol. The van der Waals surface area contributed by atoms with Gasteiger partial charge in [0.05, 0.1) is 12.2 Å². The molecule has 1 saturated heterocycles. The molecule has 0 bridgehead atoms. The molecule has 0 spiro atoms. The van der Waals surface area contributed by atoms with Crippen LogP contribution in [0.4, 0.5) is 15.2 Å². The molecule has 2 N–H and O–H groups in total. The number of halogens is 2. The second kappa shape index (κ2) is 11.5. The quantitative estimate of drug-likeness (QED) is 0.338. The van der Waals surface area contributed by atoms with Gasteiger partial charge >= 0.3 is 0 Å². The Hall–Kier alpha value is -1.62. The first-order chi connectivity index (χ1) is 13.5. The van der Waals surface area contributed by atoms with Gasteiger partial charge < -0.3 is 20.4 Å². The van der Waals surface area contributed by atoms with Crippen LogP contribution in [-0.2, 0) is 6.54 Å². The highest BCUT2D eigenvalue weighted by atomic mass is 127. The van der Waals surface area contributed by atoms with Gasteiger partial charge in [-0.25, -0.2) is 14.4 Å². The standard InChI is InChI=1S/C20H29FN6S.HI/c1-4-22-19(23-13-17-14-28-20(25-17)26(2)3)24-16-8-10-27(11-9-16)18-7-5-6-15(21)12-18;/h5-7,12,14,16H,4,8-11,13H2,1-3H3,(H2,22,23,24);1H. The molecule has 0 radical (unpaired) electrons. The van der Waals surface area contributed by atoms with Crippen molar-refractivity contribution < 1.29 is 4.39 Å². The highest BCUT2D eigenvalue weighted by Gasteiger charge is 2.20. The molecule has 1 aromatic carbocycles. The zero-order valence-electron chi connectivity index (χ0n) is 17.2. The van der Waals surface area contributed by atoms with Gasteiger partial charge in [-0.05, 0) is 38.0 Å². The lowest BCUT2D eigenvalue weighted by Crippen LogP contribution is -2.48. The molecule has 3 rings (SSSR count). The van der Waals surface area contributed by atoms with Crippen molar-refractivity contribution in [3.05, 3.63) is 41.2 Å². The number of rotatable bonds is 6. The molecule has 160 valence electrons. The highest BCUT2D eigenvalue weighted by Crippen LogP contribution is 2.21. The van der Waals surface area contributed by atoms with E-state index in [1.54, 1.807) is 23.5 Å². The van der Waals surface area contributed by atoms with Crippen LogP contribution in [0.15, 0.2) is 34.6 Å². The van der Waals surface area contributed by atoms with Crippen LogP contribution in [0.3, 0.4) is 0 Å². The number of benzene rings is 1. The van der Waals surface area contributed by atoms with Crippen LogP contribution in [0, 0.1) is 5.82 Å². The number of nitrogens with zero attached hydrogens (tertiary/aromatic N) is 4. The Morgan fingerprint density at radius 1 is 1.34 bits per heavy atom. The van der Waals surface area contributed by atoms with E-state index < -0.39 is 0 Å². The first-order valence-electron chi connectivity index (χ1n) is 9.72. The Bertz CT molecular complexity index is 789. The number of piperidine rings is 1. The Morgan fingerprint density at radius 2 is 2.10 bits per heavy atom. The molecule has 0 atom stereocenters. The maximum absolute atomic E-state index is 13.5. The van der Waals surface area contributed by atoms with Crippen LogP contribution in [0.1, 0.15) is 25.5 Å². The maximum atomic E-state index is 13.5. The summed E-state index contributed by atoms with van der Waals surface area (Å²) in [6, 6.07) is 7.19. The van der Waals surface area contributed by atoms with E-state index in [0.29, 0.717) is 12.6 Å². The summed E-state index contributed by atoms with van der Waals surface area (Å²) in [6.07, 6.45) is 1.98. The number of nitrogens with one attached hydrogen (secondary N) is 2. The third kappa shape index (κ3) is 6.98. The molecule has 29 heavy (non-hydrogen) atoms. The van der Waals surface area contributed by atoms with E-state index in [2.05, 4.69) is 32.8 Å². The smallest absolute Gasteiger partial charge is 0.191 e. The van der Waals surface area contributed by atoms with E-state index in [9.17, 15) is 4.39 Å². The molecule has 9 heteroatoms. The lowest BCUT2D eigenvalue weighted by molar-refractivity contribution is 0.461. The molecular formula is C20H30FIN6S. The number of thiazole rings is 1. The van der Waals surface area contributed by atoms with E-state index >= 15 is 0 Å². The van der Waals surface area contributed by atoms with Gasteiger partial charge in [-0.1, -0.05) is 6.07 Å². The minimum absolute atomic E-state index is 0. The molecule has 1 aliphatic rings. The van der Waals surface area contributed by atoms with Crippen LogP contribution in [0.5, 0.6) is 0 Å². The molecule has 1 fully saturated rings. The molecule has 2 aromatic rings. The van der Waals surface area contributed by atoms with Crippen molar-refractivity contribution in [1.29, 1.82) is 0 Å². The SMILES string of the molecule is CCNC(=NCc1csc(N(C)C)n1)NC1CCN(c2cccc(F)c2)CC1.I. The van der Waals surface area contributed by atoms with Gasteiger partial charge in [0, 0.05) is 50.8 Å². The van der Waals surface area contributed by atoms with E-state index in [1.165, 1.54) is 6.07 Å². The van der Waals surface area contributed by atoms with Gasteiger partial charge in [-0.2, -0.15) is 0 Å². The minimum atomic E-state index is -0.182. The van der Waals surface area contributed by atoms with Crippen molar-refractivity contribution in [3.8, 4) is 0 Å². The van der Waals surface area contributed by atoms with E-state index in [0.717, 1.165) is 54.9 Å². The summed E-state index contributed by atoms with van der Waals surface area (Å²) in [6.45, 7) is 5.24. The topological polar surface area (TPSA) is 55.8 Å². The van der Waals surface area contributed by atoms with Crippen molar-refractivity contribution in [2.24, 2.45) is 4.99 Å². The van der Waals surface area contributed by atoms with Crippen LogP contribution < -0.4 is 20.4 Å². The van der Waals surface area contributed by atoms with E-state index in [4.69, 9.17) is 4.99 Å². The van der Waals surface area contributed by atoms with Gasteiger partial charge in [0.1, 0.15) is 5.82 Å². The number of aliphatic imine (C=N–C) groups is 1. The first-order valence-corrected chi connectivity index (χ1v) is 10.6. The summed E-state index contributed by atoms with van der Waals surface area (Å²) in [5, 5.41) is 9.91. The average Bonchev–Trinajstić information content (AvgIpc) is 3.16. The van der Waals surface area contributed by atoms with Crippen LogP contribution in [-0.4, -0.2) is 50.7 Å². The van der Waals surface area contributed by atoms with Crippen molar-refractivity contribution >= 4 is 52.1 Å². The Morgan fingerprint density at radius 3 is 2.72 bits per heavy atom. The van der Waals surface area contributed by atoms with Gasteiger partial charge in [-0.3, -0.25) is 0 Å². The molecule has 0 amide bonds. The predicted octanol–water partition coefficient (Wildman–Crippen LogP) is 3.69. The van der Waals surface area contributed by atoms with E-state index in [1.807, 2.05) is 25.1 Å². The summed E-state index contributed by atoms with van der Waals surface area (Å²) in [5.74, 6) is 0.643. The molecule has 6 nitrogen and oxygen atoms in total. The average molecular weight is 532 g/mol. The van der Waals surface area contributed by atoms with E-state index in [-0.39, 0.29) is 29.8 Å². The first kappa shape index (κ1) is 23.7. The molecule has 0 unspecified atom stereocenters. The largest absolute Gasteiger partial charge is 0.371 e. The maximum Gasteiger partial charge on any atom is 0.191 e. The molecule has 0 aliphatic carbocycles. The zero-order valence-corrected chi connectivity index (χ0v) is 20.3. The van der Waals surface area contributed by atoms with Crippen LogP contribution >= 0.6 is 35.3 Å². The van der Waals surface area contributed by atoms with Gasteiger partial charge in [0.25, 0.3) is 0 Å². The summed E-state index contributed by atoms with van der Waals surface area (Å²) in [7, 11) is 3.99. The van der Waals surface area contributed by atoms with Crippen molar-refractivity contribution in [2.75, 3.05) is 43.5 Å². The predicted molar refractivity (Wildman–Crippen MR) is 131 cm³/mol. The Kier molecular flexibility index (Phi) is 9.41. The summed E-state index contributed by atoms with van der Waals surface area (Å²) < 4.78 is 13.5. The summed E-state index contributed by atoms with van der Waals surface area (Å²) in [5.41, 5.74) is 1.94. The minimum Gasteiger partial charge on any atom is -0.371 e. The fraction of sp³-hybridized carbons (Fsp3) is 0.500. The van der Waals surface area contributed by atoms with Crippen LogP contribution in [0.2, 0.25) is 0 Å². The number of hydrogen-bond acceptors (Lipinski definition) is 5. The number of aromatic nitrogens is 1. The summed E-state index contributed by atoms with van der Waals surface area (Å²) in [4.78, 5) is 13.5. The number of anilines is 2. The second-order valence-corrected chi connectivity index (χ2v) is 7.93. The fourth-order valence-electron chi connectivity index (χ4n) is 3.20. The zero-order chi connectivity index (χ0) is 19.9. The molecule has 2 heterocycles. The Balaban J connectivity index is 0.00000300. The fourth-order valence-corrected chi connectivity index (χ4v) is 3.95. The molecule has 1 aromatic heterocycles. The number of hydrogen-bond donors (Lipinski definition) is 2. The molecule has 1 aliphatic heterocycles. The van der Waals surface area contributed by atoms with Gasteiger partial charge in [0.15, 0.2) is 11.1 Å². The summed E-state index contributed by atoms with van der Waals surface area (Å²) >= 11 is 1.63. The second-order valence-electron chi connectivity index (χ2n) is 7.10. The van der Waals surface area contributed by atoms with Gasteiger partial charge in [0.2, 0.25) is 0 Å². The highest BCUT2D eigenvalue weighted by molar-refractivity contribution is 14.0. The van der Waals surface area contributed by atoms with Crippen LogP contribution in [0.25, 0.3) is 0 Å². The van der Waals surface area contributed by atoms with Crippen molar-refractivity contribution in [2.45, 2.75) is 32.4 Å². The monoisotopic (exact) mass is 532 g/mol. The van der Waals surface area contributed by atoms with Crippen molar-refractivity contribution in [3.63, 3.8) is 0 Å². The number of guanidine groups is 1.